The minimum atomic E-state index is -3.68. The molecule has 0 amide bonds. The Morgan fingerprint density at radius 1 is 1.29 bits per heavy atom. The lowest BCUT2D eigenvalue weighted by Crippen LogP contribution is -2.25. The quantitative estimate of drug-likeness (QED) is 0.817. The first-order valence-electron chi connectivity index (χ1n) is 5.40. The molecular formula is C11H13F2NO2S. The second-order valence-corrected chi connectivity index (χ2v) is 6.20. The van der Waals surface area contributed by atoms with E-state index in [2.05, 4.69) is 5.32 Å². The van der Waals surface area contributed by atoms with Crippen LogP contribution in [-0.4, -0.2) is 26.8 Å². The van der Waals surface area contributed by atoms with Gasteiger partial charge in [0.05, 0.1) is 5.75 Å². The summed E-state index contributed by atoms with van der Waals surface area (Å²) in [5, 5.41) is 3.04. The smallest absolute Gasteiger partial charge is 0.182 e. The molecule has 1 N–H and O–H groups in total. The highest BCUT2D eigenvalue weighted by Gasteiger charge is 2.23. The van der Waals surface area contributed by atoms with Gasteiger partial charge in [-0.25, -0.2) is 17.2 Å². The van der Waals surface area contributed by atoms with Gasteiger partial charge in [-0.15, -0.1) is 0 Å². The van der Waals surface area contributed by atoms with Gasteiger partial charge in [-0.3, -0.25) is 0 Å². The third kappa shape index (κ3) is 3.23. The Labute approximate surface area is 98.8 Å². The number of rotatable bonds is 5. The molecule has 1 aliphatic carbocycles. The zero-order chi connectivity index (χ0) is 12.5. The average Bonchev–Trinajstić information content (AvgIpc) is 3.00. The zero-order valence-corrected chi connectivity index (χ0v) is 9.93. The molecule has 0 unspecified atom stereocenters. The molecule has 94 valence electrons. The molecule has 0 heterocycles. The molecule has 0 atom stereocenters. The molecular weight excluding hydrogens is 248 g/mol. The average molecular weight is 261 g/mol. The summed E-state index contributed by atoms with van der Waals surface area (Å²) in [6.45, 7) is 0.295. The molecule has 1 saturated carbocycles. The van der Waals surface area contributed by atoms with Gasteiger partial charge in [0.2, 0.25) is 0 Å². The fraction of sp³-hybridized carbons (Fsp3) is 0.455. The lowest BCUT2D eigenvalue weighted by Gasteiger charge is -2.06. The van der Waals surface area contributed by atoms with Gasteiger partial charge in [0.25, 0.3) is 0 Å². The Morgan fingerprint density at radius 2 is 2.00 bits per heavy atom. The largest absolute Gasteiger partial charge is 0.313 e. The van der Waals surface area contributed by atoms with Gasteiger partial charge < -0.3 is 5.32 Å². The number of hydrogen-bond donors (Lipinski definition) is 1. The van der Waals surface area contributed by atoms with Gasteiger partial charge in [0.15, 0.2) is 9.84 Å². The molecule has 2 rings (SSSR count). The predicted octanol–water partition coefficient (Wildman–Crippen LogP) is 1.49. The number of benzene rings is 1. The molecule has 0 saturated heterocycles. The van der Waals surface area contributed by atoms with Crippen molar-refractivity contribution < 1.29 is 17.2 Å². The van der Waals surface area contributed by atoms with E-state index in [1.165, 1.54) is 0 Å². The lowest BCUT2D eigenvalue weighted by atomic mass is 10.3. The molecule has 1 fully saturated rings. The maximum absolute atomic E-state index is 13.3. The minimum Gasteiger partial charge on any atom is -0.313 e. The van der Waals surface area contributed by atoms with E-state index in [0.717, 1.165) is 25.0 Å². The molecule has 0 radical (unpaired) electrons. The third-order valence-electron chi connectivity index (χ3n) is 2.61. The van der Waals surface area contributed by atoms with Crippen LogP contribution in [0, 0.1) is 11.6 Å². The molecule has 1 aromatic carbocycles. The molecule has 1 aliphatic rings. The monoisotopic (exact) mass is 261 g/mol. The van der Waals surface area contributed by atoms with Gasteiger partial charge in [-0.2, -0.15) is 0 Å². The van der Waals surface area contributed by atoms with Crippen LogP contribution in [0.25, 0.3) is 0 Å². The van der Waals surface area contributed by atoms with E-state index >= 15 is 0 Å². The van der Waals surface area contributed by atoms with Crippen molar-refractivity contribution in [2.24, 2.45) is 0 Å². The van der Waals surface area contributed by atoms with Gasteiger partial charge in [-0.05, 0) is 25.0 Å². The zero-order valence-electron chi connectivity index (χ0n) is 9.12. The van der Waals surface area contributed by atoms with Crippen molar-refractivity contribution in [3.8, 4) is 0 Å². The predicted molar refractivity (Wildman–Crippen MR) is 59.4 cm³/mol. The maximum atomic E-state index is 13.3. The van der Waals surface area contributed by atoms with Crippen LogP contribution in [-0.2, 0) is 9.84 Å². The Kier molecular flexibility index (Phi) is 3.44. The number of hydrogen-bond acceptors (Lipinski definition) is 3. The van der Waals surface area contributed by atoms with E-state index in [1.807, 2.05) is 0 Å². The first-order valence-corrected chi connectivity index (χ1v) is 7.05. The molecule has 1 aromatic rings. The van der Waals surface area contributed by atoms with Crippen LogP contribution in [0.5, 0.6) is 0 Å². The Bertz CT molecular complexity index is 512. The highest BCUT2D eigenvalue weighted by Crippen LogP contribution is 2.19. The van der Waals surface area contributed by atoms with E-state index in [-0.39, 0.29) is 5.75 Å². The summed E-state index contributed by atoms with van der Waals surface area (Å²) in [7, 11) is -3.68. The summed E-state index contributed by atoms with van der Waals surface area (Å²) in [5.74, 6) is -1.99. The van der Waals surface area contributed by atoms with Gasteiger partial charge >= 0.3 is 0 Å². The normalized spacial score (nSPS) is 16.1. The molecule has 0 spiro atoms. The first kappa shape index (κ1) is 12.4. The van der Waals surface area contributed by atoms with Crippen molar-refractivity contribution in [1.29, 1.82) is 0 Å². The Hall–Kier alpha value is -1.01. The van der Waals surface area contributed by atoms with E-state index < -0.39 is 26.4 Å². The second-order valence-electron chi connectivity index (χ2n) is 4.12. The summed E-state index contributed by atoms with van der Waals surface area (Å²) >= 11 is 0. The van der Waals surface area contributed by atoms with E-state index in [0.29, 0.717) is 18.7 Å². The highest BCUT2D eigenvalue weighted by atomic mass is 32.2. The summed E-state index contributed by atoms with van der Waals surface area (Å²) in [5.41, 5.74) is 0. The van der Waals surface area contributed by atoms with E-state index in [4.69, 9.17) is 0 Å². The topological polar surface area (TPSA) is 46.2 Å². The van der Waals surface area contributed by atoms with Crippen LogP contribution >= 0.6 is 0 Å². The third-order valence-corrected chi connectivity index (χ3v) is 4.35. The molecule has 0 aromatic heterocycles. The molecule has 17 heavy (non-hydrogen) atoms. The van der Waals surface area contributed by atoms with Crippen molar-refractivity contribution in [2.75, 3.05) is 12.3 Å². The van der Waals surface area contributed by atoms with Crippen LogP contribution in [0.4, 0.5) is 8.78 Å². The second kappa shape index (κ2) is 4.70. The van der Waals surface area contributed by atoms with Gasteiger partial charge in [0, 0.05) is 18.7 Å². The summed E-state index contributed by atoms with van der Waals surface area (Å²) in [4.78, 5) is -0.434. The summed E-state index contributed by atoms with van der Waals surface area (Å²) in [6, 6.07) is 2.91. The number of halogens is 2. The Balaban J connectivity index is 2.07. The van der Waals surface area contributed by atoms with Crippen molar-refractivity contribution >= 4 is 9.84 Å². The molecule has 0 bridgehead atoms. The first-order chi connectivity index (χ1) is 7.99. The van der Waals surface area contributed by atoms with Gasteiger partial charge in [0.1, 0.15) is 16.5 Å². The van der Waals surface area contributed by atoms with Crippen LogP contribution < -0.4 is 5.32 Å². The molecule has 3 nitrogen and oxygen atoms in total. The fourth-order valence-electron chi connectivity index (χ4n) is 1.52. The van der Waals surface area contributed by atoms with E-state index in [9.17, 15) is 17.2 Å². The highest BCUT2D eigenvalue weighted by molar-refractivity contribution is 7.91. The SMILES string of the molecule is O=S(=O)(CCNC1CC1)c1ccc(F)cc1F. The van der Waals surface area contributed by atoms with Crippen LogP contribution in [0.1, 0.15) is 12.8 Å². The van der Waals surface area contributed by atoms with Crippen molar-refractivity contribution in [1.82, 2.24) is 5.32 Å². The Morgan fingerprint density at radius 3 is 2.59 bits per heavy atom. The number of sulfone groups is 1. The van der Waals surface area contributed by atoms with Gasteiger partial charge in [-0.1, -0.05) is 0 Å². The summed E-state index contributed by atoms with van der Waals surface area (Å²) < 4.78 is 49.5. The molecule has 0 aliphatic heterocycles. The summed E-state index contributed by atoms with van der Waals surface area (Å²) in [6.07, 6.45) is 2.12. The van der Waals surface area contributed by atoms with Crippen LogP contribution in [0.2, 0.25) is 0 Å². The lowest BCUT2D eigenvalue weighted by molar-refractivity contribution is 0.547. The van der Waals surface area contributed by atoms with Crippen molar-refractivity contribution in [3.63, 3.8) is 0 Å². The number of nitrogens with one attached hydrogen (secondary N) is 1. The fourth-order valence-corrected chi connectivity index (χ4v) is 2.76. The maximum Gasteiger partial charge on any atom is 0.182 e. The minimum absolute atomic E-state index is 0.175. The van der Waals surface area contributed by atoms with Crippen LogP contribution in [0.3, 0.4) is 0 Å². The standard InChI is InChI=1S/C11H13F2NO2S/c12-8-1-4-11(10(13)7-8)17(15,16)6-5-14-9-2-3-9/h1,4,7,9,14H,2-3,5-6H2. The molecule has 6 heteroatoms. The van der Waals surface area contributed by atoms with Crippen molar-refractivity contribution in [3.05, 3.63) is 29.8 Å². The van der Waals surface area contributed by atoms with Crippen LogP contribution in [0.15, 0.2) is 23.1 Å². The van der Waals surface area contributed by atoms with Crippen molar-refractivity contribution in [2.45, 2.75) is 23.8 Å². The van der Waals surface area contributed by atoms with E-state index in [1.54, 1.807) is 0 Å².